The largest absolute Gasteiger partial charge is 0.497 e. The molecule has 0 bridgehead atoms. The molecule has 1 unspecified atom stereocenters. The average Bonchev–Trinajstić information content (AvgIpc) is 2.62. The summed E-state index contributed by atoms with van der Waals surface area (Å²) in [6, 6.07) is 12.0. The zero-order valence-corrected chi connectivity index (χ0v) is 13.4. The highest BCUT2D eigenvalue weighted by Crippen LogP contribution is 2.32. The summed E-state index contributed by atoms with van der Waals surface area (Å²) in [7, 11) is 1.67. The van der Waals surface area contributed by atoms with E-state index in [0.29, 0.717) is 6.42 Å². The van der Waals surface area contributed by atoms with Crippen LogP contribution in [0.4, 0.5) is 0 Å². The maximum atomic E-state index is 12.8. The van der Waals surface area contributed by atoms with E-state index in [9.17, 15) is 4.79 Å². The summed E-state index contributed by atoms with van der Waals surface area (Å²) in [5.41, 5.74) is 2.12. The summed E-state index contributed by atoms with van der Waals surface area (Å²) >= 11 is 0. The number of ether oxygens (including phenoxy) is 1. The van der Waals surface area contributed by atoms with E-state index in [-0.39, 0.29) is 11.9 Å². The number of benzene rings is 1. The number of rotatable bonds is 4. The van der Waals surface area contributed by atoms with Gasteiger partial charge in [0, 0.05) is 18.9 Å². The fourth-order valence-corrected chi connectivity index (χ4v) is 3.20. The Hall–Kier alpha value is -2.36. The Morgan fingerprint density at radius 2 is 2.22 bits per heavy atom. The summed E-state index contributed by atoms with van der Waals surface area (Å²) in [5.74, 6) is 1.01. The Morgan fingerprint density at radius 3 is 3.00 bits per heavy atom. The molecule has 1 aromatic carbocycles. The number of carbonyl (C=O) groups excluding carboxylic acids is 1. The summed E-state index contributed by atoms with van der Waals surface area (Å²) in [6.45, 7) is 0.820. The van der Waals surface area contributed by atoms with E-state index < -0.39 is 0 Å². The second-order valence-electron chi connectivity index (χ2n) is 5.91. The Balaban J connectivity index is 1.79. The van der Waals surface area contributed by atoms with Crippen LogP contribution in [0.1, 0.15) is 36.4 Å². The fourth-order valence-electron chi connectivity index (χ4n) is 3.20. The third-order valence-corrected chi connectivity index (χ3v) is 4.38. The number of amides is 1. The van der Waals surface area contributed by atoms with Gasteiger partial charge in [-0.3, -0.25) is 9.78 Å². The number of methoxy groups -OCH3 is 1. The average molecular weight is 310 g/mol. The van der Waals surface area contributed by atoms with Crippen molar-refractivity contribution in [2.24, 2.45) is 0 Å². The summed E-state index contributed by atoms with van der Waals surface area (Å²) < 4.78 is 5.33. The van der Waals surface area contributed by atoms with Crippen LogP contribution >= 0.6 is 0 Å². The highest BCUT2D eigenvalue weighted by atomic mass is 16.5. The highest BCUT2D eigenvalue weighted by Gasteiger charge is 2.28. The van der Waals surface area contributed by atoms with Crippen LogP contribution in [0.2, 0.25) is 0 Å². The van der Waals surface area contributed by atoms with Gasteiger partial charge in [0.1, 0.15) is 5.75 Å². The van der Waals surface area contributed by atoms with Crippen LogP contribution in [0.3, 0.4) is 0 Å². The Bertz CT molecular complexity index is 657. The minimum absolute atomic E-state index is 0.142. The predicted octanol–water partition coefficient (Wildman–Crippen LogP) is 3.39. The van der Waals surface area contributed by atoms with Crippen LogP contribution in [0, 0.1) is 0 Å². The lowest BCUT2D eigenvalue weighted by Gasteiger charge is -2.36. The third kappa shape index (κ3) is 3.70. The van der Waals surface area contributed by atoms with Crippen molar-refractivity contribution < 1.29 is 9.53 Å². The van der Waals surface area contributed by atoms with Crippen molar-refractivity contribution in [1.29, 1.82) is 0 Å². The van der Waals surface area contributed by atoms with Crippen molar-refractivity contribution in [1.82, 2.24) is 9.88 Å². The number of piperidine rings is 1. The van der Waals surface area contributed by atoms with E-state index in [1.54, 1.807) is 19.5 Å². The monoisotopic (exact) mass is 310 g/mol. The van der Waals surface area contributed by atoms with Crippen molar-refractivity contribution in [3.8, 4) is 5.75 Å². The lowest BCUT2D eigenvalue weighted by atomic mass is 9.94. The number of aromatic nitrogens is 1. The number of hydrogen-bond donors (Lipinski definition) is 0. The maximum absolute atomic E-state index is 12.8. The first-order valence-corrected chi connectivity index (χ1v) is 8.10. The quantitative estimate of drug-likeness (QED) is 0.869. The normalized spacial score (nSPS) is 17.8. The number of nitrogens with zero attached hydrogens (tertiary/aromatic N) is 2. The molecule has 4 heteroatoms. The highest BCUT2D eigenvalue weighted by molar-refractivity contribution is 5.79. The van der Waals surface area contributed by atoms with Crippen molar-refractivity contribution in [2.45, 2.75) is 31.7 Å². The van der Waals surface area contributed by atoms with Crippen molar-refractivity contribution >= 4 is 5.91 Å². The number of carbonyl (C=O) groups is 1. The second kappa shape index (κ2) is 7.27. The standard InChI is InChI=1S/C19H22N2O2/c1-23-17-8-4-7-16(13-17)18-9-2-3-11-21(18)19(22)12-15-6-5-10-20-14-15/h4-8,10,13-14,18H,2-3,9,11-12H2,1H3. The van der Waals surface area contributed by atoms with Crippen LogP contribution < -0.4 is 4.74 Å². The molecule has 4 nitrogen and oxygen atoms in total. The minimum atomic E-state index is 0.142. The lowest BCUT2D eigenvalue weighted by Crippen LogP contribution is -2.39. The van der Waals surface area contributed by atoms with Gasteiger partial charge in [0.2, 0.25) is 5.91 Å². The van der Waals surface area contributed by atoms with Gasteiger partial charge in [0.25, 0.3) is 0 Å². The third-order valence-electron chi connectivity index (χ3n) is 4.38. The summed E-state index contributed by atoms with van der Waals surface area (Å²) in [4.78, 5) is 18.9. The van der Waals surface area contributed by atoms with E-state index in [1.807, 2.05) is 35.2 Å². The van der Waals surface area contributed by atoms with E-state index >= 15 is 0 Å². The molecule has 0 aliphatic carbocycles. The van der Waals surface area contributed by atoms with Gasteiger partial charge in [0.05, 0.1) is 19.6 Å². The molecular formula is C19H22N2O2. The Morgan fingerprint density at radius 1 is 1.30 bits per heavy atom. The van der Waals surface area contributed by atoms with Gasteiger partial charge in [-0.2, -0.15) is 0 Å². The molecule has 0 N–H and O–H groups in total. The molecule has 2 heterocycles. The lowest BCUT2D eigenvalue weighted by molar-refractivity contribution is -0.134. The van der Waals surface area contributed by atoms with Gasteiger partial charge in [-0.15, -0.1) is 0 Å². The van der Waals surface area contributed by atoms with Crippen molar-refractivity contribution in [3.05, 3.63) is 59.9 Å². The van der Waals surface area contributed by atoms with E-state index in [2.05, 4.69) is 11.1 Å². The molecule has 0 saturated carbocycles. The molecule has 23 heavy (non-hydrogen) atoms. The number of hydrogen-bond acceptors (Lipinski definition) is 3. The molecular weight excluding hydrogens is 288 g/mol. The maximum Gasteiger partial charge on any atom is 0.227 e. The van der Waals surface area contributed by atoms with Gasteiger partial charge >= 0.3 is 0 Å². The zero-order valence-electron chi connectivity index (χ0n) is 13.4. The van der Waals surface area contributed by atoms with Gasteiger partial charge < -0.3 is 9.64 Å². The summed E-state index contributed by atoms with van der Waals surface area (Å²) in [5, 5.41) is 0. The van der Waals surface area contributed by atoms with Gasteiger partial charge in [-0.05, 0) is 48.6 Å². The van der Waals surface area contributed by atoms with Crippen LogP contribution in [-0.2, 0) is 11.2 Å². The molecule has 0 radical (unpaired) electrons. The van der Waals surface area contributed by atoms with E-state index in [0.717, 1.165) is 42.7 Å². The predicted molar refractivity (Wildman–Crippen MR) is 89.2 cm³/mol. The molecule has 1 aliphatic heterocycles. The molecule has 1 amide bonds. The summed E-state index contributed by atoms with van der Waals surface area (Å²) in [6.07, 6.45) is 7.13. The Kier molecular flexibility index (Phi) is 4.91. The fraction of sp³-hybridized carbons (Fsp3) is 0.368. The molecule has 120 valence electrons. The minimum Gasteiger partial charge on any atom is -0.497 e. The molecule has 1 atom stereocenters. The van der Waals surface area contributed by atoms with Crippen molar-refractivity contribution in [2.75, 3.05) is 13.7 Å². The van der Waals surface area contributed by atoms with Crippen LogP contribution in [0.25, 0.3) is 0 Å². The topological polar surface area (TPSA) is 42.4 Å². The molecule has 0 spiro atoms. The molecule has 1 fully saturated rings. The zero-order chi connectivity index (χ0) is 16.1. The van der Waals surface area contributed by atoms with Gasteiger partial charge in [-0.1, -0.05) is 18.2 Å². The van der Waals surface area contributed by atoms with Gasteiger partial charge in [0.15, 0.2) is 0 Å². The van der Waals surface area contributed by atoms with E-state index in [1.165, 1.54) is 0 Å². The molecule has 1 aliphatic rings. The smallest absolute Gasteiger partial charge is 0.227 e. The molecule has 1 aromatic heterocycles. The molecule has 1 saturated heterocycles. The first kappa shape index (κ1) is 15.5. The second-order valence-corrected chi connectivity index (χ2v) is 5.91. The van der Waals surface area contributed by atoms with Crippen LogP contribution in [0.15, 0.2) is 48.8 Å². The van der Waals surface area contributed by atoms with Crippen LogP contribution in [-0.4, -0.2) is 29.4 Å². The van der Waals surface area contributed by atoms with Crippen molar-refractivity contribution in [3.63, 3.8) is 0 Å². The van der Waals surface area contributed by atoms with E-state index in [4.69, 9.17) is 4.74 Å². The SMILES string of the molecule is COc1cccc(C2CCCCN2C(=O)Cc2cccnc2)c1. The molecule has 3 rings (SSSR count). The number of likely N-dealkylation sites (tertiary alicyclic amines) is 1. The molecule has 2 aromatic rings. The van der Waals surface area contributed by atoms with Gasteiger partial charge in [-0.25, -0.2) is 0 Å². The van der Waals surface area contributed by atoms with Crippen LogP contribution in [0.5, 0.6) is 5.75 Å². The first-order valence-electron chi connectivity index (χ1n) is 8.10. The number of pyridine rings is 1. The first-order chi connectivity index (χ1) is 11.3. The Labute approximate surface area is 137 Å².